The number of carbonyl (C=O) groups is 2. The van der Waals surface area contributed by atoms with E-state index < -0.39 is 11.9 Å². The molecular formula is C18H20N2O4S. The number of hydrogen-bond donors (Lipinski definition) is 1. The Kier molecular flexibility index (Phi) is 5.43. The molecule has 1 heterocycles. The molecule has 6 nitrogen and oxygen atoms in total. The third-order valence-electron chi connectivity index (χ3n) is 4.29. The Labute approximate surface area is 150 Å². The van der Waals surface area contributed by atoms with E-state index in [1.807, 2.05) is 0 Å². The van der Waals surface area contributed by atoms with Gasteiger partial charge in [-0.1, -0.05) is 19.3 Å². The lowest BCUT2D eigenvalue weighted by Gasteiger charge is -2.19. The Hall–Kier alpha value is -2.28. The van der Waals surface area contributed by atoms with E-state index in [1.165, 1.54) is 32.6 Å². The molecule has 0 unspecified atom stereocenters. The molecule has 1 aliphatic carbocycles. The van der Waals surface area contributed by atoms with Gasteiger partial charge in [0.1, 0.15) is 10.6 Å². The summed E-state index contributed by atoms with van der Waals surface area (Å²) in [6.45, 7) is 0. The maximum absolute atomic E-state index is 11.6. The summed E-state index contributed by atoms with van der Waals surface area (Å²) < 4.78 is 6.23. The minimum atomic E-state index is -0.976. The largest absolute Gasteiger partial charge is 0.478 e. The van der Waals surface area contributed by atoms with E-state index in [2.05, 4.69) is 9.84 Å². The number of carboxylic acids is 1. The molecule has 0 aliphatic heterocycles. The lowest BCUT2D eigenvalue weighted by atomic mass is 10.0. The van der Waals surface area contributed by atoms with Crippen LogP contribution in [0.5, 0.6) is 0 Å². The average molecular weight is 360 g/mol. The minimum Gasteiger partial charge on any atom is -0.478 e. The molecule has 0 atom stereocenters. The highest BCUT2D eigenvalue weighted by molar-refractivity contribution is 7.99. The fraction of sp³-hybridized carbons (Fsp3) is 0.389. The Bertz CT molecular complexity index is 764. The smallest absolute Gasteiger partial charge is 0.340 e. The number of nitrogens with zero attached hydrogens (tertiary/aromatic N) is 2. The van der Waals surface area contributed by atoms with E-state index in [0.717, 1.165) is 12.8 Å². The van der Waals surface area contributed by atoms with Crippen LogP contribution in [-0.4, -0.2) is 39.2 Å². The molecule has 0 radical (unpaired) electrons. The molecule has 1 aliphatic rings. The molecule has 1 saturated carbocycles. The Morgan fingerprint density at radius 1 is 1.20 bits per heavy atom. The van der Waals surface area contributed by atoms with E-state index in [0.29, 0.717) is 21.5 Å². The normalized spacial score (nSPS) is 15.1. The van der Waals surface area contributed by atoms with Crippen LogP contribution < -0.4 is 0 Å². The molecule has 1 fully saturated rings. The lowest BCUT2D eigenvalue weighted by Crippen LogP contribution is -2.09. The van der Waals surface area contributed by atoms with Crippen molar-refractivity contribution in [2.24, 2.45) is 0 Å². The van der Waals surface area contributed by atoms with Gasteiger partial charge in [0.2, 0.25) is 0 Å². The molecule has 0 spiro atoms. The van der Waals surface area contributed by atoms with Gasteiger partial charge in [0.25, 0.3) is 0 Å². The monoisotopic (exact) mass is 360 g/mol. The fourth-order valence-corrected chi connectivity index (χ4v) is 4.22. The quantitative estimate of drug-likeness (QED) is 0.817. The second kappa shape index (κ2) is 7.74. The van der Waals surface area contributed by atoms with E-state index >= 15 is 0 Å². The third kappa shape index (κ3) is 4.04. The molecule has 1 N–H and O–H groups in total. The van der Waals surface area contributed by atoms with Crippen LogP contribution in [0.1, 0.15) is 52.8 Å². The zero-order valence-electron chi connectivity index (χ0n) is 14.0. The molecular weight excluding hydrogens is 340 g/mol. The lowest BCUT2D eigenvalue weighted by molar-refractivity contribution is 0.0599. The Balaban J connectivity index is 1.85. The number of methoxy groups -OCH3 is 1. The first-order valence-corrected chi connectivity index (χ1v) is 9.15. The number of esters is 1. The van der Waals surface area contributed by atoms with Crippen LogP contribution in [-0.2, 0) is 4.74 Å². The fourth-order valence-electron chi connectivity index (χ4n) is 2.93. The van der Waals surface area contributed by atoms with Crippen molar-refractivity contribution in [3.8, 4) is 5.69 Å². The van der Waals surface area contributed by atoms with Crippen molar-refractivity contribution in [1.29, 1.82) is 0 Å². The maximum Gasteiger partial charge on any atom is 0.340 e. The summed E-state index contributed by atoms with van der Waals surface area (Å²) >= 11 is 1.56. The Morgan fingerprint density at radius 2 is 1.88 bits per heavy atom. The standard InChI is InChI=1S/C18H20N2O4S/c1-24-18(23)12-7-9-13(10-8-12)20-11-15(17(21)22)16(19-20)25-14-5-3-2-4-6-14/h7-11,14H,2-6H2,1H3,(H,21,22). The zero-order chi connectivity index (χ0) is 17.8. The average Bonchev–Trinajstić information content (AvgIpc) is 3.06. The molecule has 25 heavy (non-hydrogen) atoms. The summed E-state index contributed by atoms with van der Waals surface area (Å²) in [6, 6.07) is 6.72. The van der Waals surface area contributed by atoms with E-state index in [-0.39, 0.29) is 5.56 Å². The van der Waals surface area contributed by atoms with Crippen molar-refractivity contribution in [2.45, 2.75) is 42.4 Å². The number of carbonyl (C=O) groups excluding carboxylic acids is 1. The van der Waals surface area contributed by atoms with Crippen molar-refractivity contribution < 1.29 is 19.4 Å². The molecule has 0 bridgehead atoms. The summed E-state index contributed by atoms with van der Waals surface area (Å²) in [4.78, 5) is 23.1. The second-order valence-electron chi connectivity index (χ2n) is 6.01. The number of rotatable bonds is 5. The maximum atomic E-state index is 11.6. The predicted octanol–water partition coefficient (Wildman–Crippen LogP) is 3.78. The second-order valence-corrected chi connectivity index (χ2v) is 7.30. The molecule has 7 heteroatoms. The highest BCUT2D eigenvalue weighted by atomic mass is 32.2. The first-order chi connectivity index (χ1) is 12.1. The topological polar surface area (TPSA) is 81.4 Å². The number of benzene rings is 1. The molecule has 1 aromatic heterocycles. The van der Waals surface area contributed by atoms with Crippen LogP contribution >= 0.6 is 11.8 Å². The van der Waals surface area contributed by atoms with Gasteiger partial charge in [0.05, 0.1) is 18.4 Å². The van der Waals surface area contributed by atoms with Crippen molar-refractivity contribution >= 4 is 23.7 Å². The predicted molar refractivity (Wildman–Crippen MR) is 94.6 cm³/mol. The zero-order valence-corrected chi connectivity index (χ0v) is 14.8. The van der Waals surface area contributed by atoms with E-state index in [1.54, 1.807) is 40.7 Å². The van der Waals surface area contributed by atoms with Crippen molar-refractivity contribution in [3.05, 3.63) is 41.6 Å². The molecule has 3 rings (SSSR count). The van der Waals surface area contributed by atoms with Gasteiger partial charge < -0.3 is 9.84 Å². The van der Waals surface area contributed by atoms with Crippen LogP contribution in [0.25, 0.3) is 5.69 Å². The highest BCUT2D eigenvalue weighted by Gasteiger charge is 2.22. The number of ether oxygens (including phenoxy) is 1. The number of carboxylic acid groups (broad SMARTS) is 1. The van der Waals surface area contributed by atoms with Crippen LogP contribution in [0.2, 0.25) is 0 Å². The first-order valence-electron chi connectivity index (χ1n) is 8.27. The van der Waals surface area contributed by atoms with Crippen molar-refractivity contribution in [3.63, 3.8) is 0 Å². The van der Waals surface area contributed by atoms with Gasteiger partial charge in [-0.15, -0.1) is 11.8 Å². The van der Waals surface area contributed by atoms with Crippen molar-refractivity contribution in [2.75, 3.05) is 7.11 Å². The summed E-state index contributed by atoms with van der Waals surface area (Å²) in [7, 11) is 1.33. The van der Waals surface area contributed by atoms with Gasteiger partial charge in [-0.3, -0.25) is 0 Å². The SMILES string of the molecule is COC(=O)c1ccc(-n2cc(C(=O)O)c(SC3CCCCC3)n2)cc1. The number of aromatic carboxylic acids is 1. The highest BCUT2D eigenvalue weighted by Crippen LogP contribution is 2.34. The van der Waals surface area contributed by atoms with E-state index in [4.69, 9.17) is 0 Å². The van der Waals surface area contributed by atoms with Gasteiger partial charge in [0.15, 0.2) is 0 Å². The number of hydrogen-bond acceptors (Lipinski definition) is 5. The van der Waals surface area contributed by atoms with Gasteiger partial charge in [-0.25, -0.2) is 14.3 Å². The first kappa shape index (κ1) is 17.5. The summed E-state index contributed by atoms with van der Waals surface area (Å²) in [5, 5.41) is 14.9. The summed E-state index contributed by atoms with van der Waals surface area (Å²) in [6.07, 6.45) is 7.37. The van der Waals surface area contributed by atoms with Crippen LogP contribution in [0.3, 0.4) is 0 Å². The van der Waals surface area contributed by atoms with Gasteiger partial charge >= 0.3 is 11.9 Å². The van der Waals surface area contributed by atoms with Crippen LogP contribution in [0.4, 0.5) is 0 Å². The number of thioether (sulfide) groups is 1. The molecule has 0 saturated heterocycles. The third-order valence-corrected chi connectivity index (χ3v) is 5.62. The van der Waals surface area contributed by atoms with E-state index in [9.17, 15) is 14.7 Å². The van der Waals surface area contributed by atoms with Crippen LogP contribution in [0.15, 0.2) is 35.5 Å². The molecule has 1 aromatic carbocycles. The minimum absolute atomic E-state index is 0.215. The number of aromatic nitrogens is 2. The molecule has 132 valence electrons. The van der Waals surface area contributed by atoms with Gasteiger partial charge in [0, 0.05) is 11.4 Å². The summed E-state index contributed by atoms with van der Waals surface area (Å²) in [5.41, 5.74) is 1.35. The summed E-state index contributed by atoms with van der Waals surface area (Å²) in [5.74, 6) is -1.39. The van der Waals surface area contributed by atoms with Gasteiger partial charge in [-0.05, 0) is 37.1 Å². The van der Waals surface area contributed by atoms with Crippen LogP contribution in [0, 0.1) is 0 Å². The molecule has 0 amide bonds. The van der Waals surface area contributed by atoms with Gasteiger partial charge in [-0.2, -0.15) is 5.10 Å². The molecule has 2 aromatic rings. The van der Waals surface area contributed by atoms with Crippen molar-refractivity contribution in [1.82, 2.24) is 9.78 Å². The Morgan fingerprint density at radius 3 is 2.48 bits per heavy atom.